The minimum absolute atomic E-state index is 0.0903. The smallest absolute Gasteiger partial charge is 0.0540 e. The number of aliphatic hydroxyl groups excluding tert-OH is 1. The molecule has 3 atom stereocenters. The molecule has 2 fully saturated rings. The van der Waals surface area contributed by atoms with Crippen molar-refractivity contribution in [3.05, 3.63) is 11.3 Å². The van der Waals surface area contributed by atoms with E-state index in [0.29, 0.717) is 17.3 Å². The van der Waals surface area contributed by atoms with Crippen LogP contribution in [0.1, 0.15) is 52.9 Å². The Balaban J connectivity index is 2.08. The van der Waals surface area contributed by atoms with Crippen molar-refractivity contribution in [3.8, 4) is 0 Å². The van der Waals surface area contributed by atoms with Crippen molar-refractivity contribution in [3.63, 3.8) is 0 Å². The lowest BCUT2D eigenvalue weighted by Gasteiger charge is -2.15. The molecule has 0 aliphatic heterocycles. The van der Waals surface area contributed by atoms with E-state index >= 15 is 0 Å². The molecular weight excluding hydrogens is 198 g/mol. The molecule has 0 heterocycles. The first-order valence-electron chi connectivity index (χ1n) is 6.62. The van der Waals surface area contributed by atoms with Crippen LogP contribution in [0.15, 0.2) is 11.3 Å². The van der Waals surface area contributed by atoms with E-state index in [2.05, 4.69) is 20.8 Å². The molecule has 3 N–H and O–H groups in total. The highest BCUT2D eigenvalue weighted by Gasteiger charge is 2.51. The molecule has 16 heavy (non-hydrogen) atoms. The highest BCUT2D eigenvalue weighted by atomic mass is 16.3. The monoisotopic (exact) mass is 223 g/mol. The SMILES string of the molecule is C[C@@H]1/C(=C(/N)C2CCCC(O)CC2)C1(C)C. The van der Waals surface area contributed by atoms with Gasteiger partial charge in [0.2, 0.25) is 0 Å². The van der Waals surface area contributed by atoms with Crippen LogP contribution >= 0.6 is 0 Å². The van der Waals surface area contributed by atoms with Crippen LogP contribution < -0.4 is 5.73 Å². The van der Waals surface area contributed by atoms with Gasteiger partial charge in [-0.05, 0) is 48.5 Å². The Hall–Kier alpha value is -0.500. The predicted molar refractivity (Wildman–Crippen MR) is 66.7 cm³/mol. The minimum Gasteiger partial charge on any atom is -0.402 e. The predicted octanol–water partition coefficient (Wildman–Crippen LogP) is 2.82. The first-order chi connectivity index (χ1) is 7.44. The zero-order valence-electron chi connectivity index (χ0n) is 10.8. The summed E-state index contributed by atoms with van der Waals surface area (Å²) in [6, 6.07) is 0. The van der Waals surface area contributed by atoms with Crippen LogP contribution in [0.25, 0.3) is 0 Å². The fraction of sp³-hybridized carbons (Fsp3) is 0.857. The van der Waals surface area contributed by atoms with Gasteiger partial charge in [0.15, 0.2) is 0 Å². The van der Waals surface area contributed by atoms with Crippen molar-refractivity contribution in [1.82, 2.24) is 0 Å². The van der Waals surface area contributed by atoms with Crippen LogP contribution in [0.5, 0.6) is 0 Å². The zero-order chi connectivity index (χ0) is 11.9. The third kappa shape index (κ3) is 2.00. The van der Waals surface area contributed by atoms with Crippen molar-refractivity contribution in [2.75, 3.05) is 0 Å². The van der Waals surface area contributed by atoms with E-state index in [0.717, 1.165) is 37.8 Å². The second kappa shape index (κ2) is 4.06. The Morgan fingerprint density at radius 2 is 1.88 bits per heavy atom. The topological polar surface area (TPSA) is 46.2 Å². The first-order valence-corrected chi connectivity index (χ1v) is 6.62. The molecule has 2 saturated carbocycles. The molecule has 2 unspecified atom stereocenters. The van der Waals surface area contributed by atoms with Crippen molar-refractivity contribution < 1.29 is 5.11 Å². The maximum Gasteiger partial charge on any atom is 0.0540 e. The number of allylic oxidation sites excluding steroid dienone is 2. The number of rotatable bonds is 1. The molecule has 0 amide bonds. The average Bonchev–Trinajstić information content (AvgIpc) is 2.79. The summed E-state index contributed by atoms with van der Waals surface area (Å²) in [7, 11) is 0. The van der Waals surface area contributed by atoms with E-state index in [1.54, 1.807) is 0 Å². The second-order valence-corrected chi connectivity index (χ2v) is 6.17. The largest absolute Gasteiger partial charge is 0.402 e. The van der Waals surface area contributed by atoms with E-state index in [9.17, 15) is 5.11 Å². The average molecular weight is 223 g/mol. The molecule has 0 aromatic rings. The number of aliphatic hydroxyl groups is 1. The summed E-state index contributed by atoms with van der Waals surface area (Å²) in [6.07, 6.45) is 5.14. The summed E-state index contributed by atoms with van der Waals surface area (Å²) in [5.41, 5.74) is 9.29. The summed E-state index contributed by atoms with van der Waals surface area (Å²) >= 11 is 0. The lowest BCUT2D eigenvalue weighted by Crippen LogP contribution is -2.13. The molecule has 0 bridgehead atoms. The van der Waals surface area contributed by atoms with Gasteiger partial charge in [0.1, 0.15) is 0 Å². The van der Waals surface area contributed by atoms with E-state index in [1.165, 1.54) is 5.57 Å². The van der Waals surface area contributed by atoms with Gasteiger partial charge in [-0.15, -0.1) is 0 Å². The molecule has 2 heteroatoms. The second-order valence-electron chi connectivity index (χ2n) is 6.17. The quantitative estimate of drug-likeness (QED) is 0.671. The summed E-state index contributed by atoms with van der Waals surface area (Å²) in [6.45, 7) is 6.84. The molecule has 0 aromatic carbocycles. The Morgan fingerprint density at radius 1 is 1.25 bits per heavy atom. The normalized spacial score (nSPS) is 41.4. The molecule has 0 spiro atoms. The fourth-order valence-electron chi connectivity index (χ4n) is 3.20. The number of nitrogens with two attached hydrogens (primary N) is 1. The van der Waals surface area contributed by atoms with Gasteiger partial charge < -0.3 is 10.8 Å². The zero-order valence-corrected chi connectivity index (χ0v) is 10.8. The molecule has 0 radical (unpaired) electrons. The van der Waals surface area contributed by atoms with Gasteiger partial charge in [0.25, 0.3) is 0 Å². The van der Waals surface area contributed by atoms with E-state index < -0.39 is 0 Å². The molecule has 2 rings (SSSR count). The van der Waals surface area contributed by atoms with Gasteiger partial charge in [0, 0.05) is 5.70 Å². The van der Waals surface area contributed by atoms with Crippen LogP contribution in [0.3, 0.4) is 0 Å². The van der Waals surface area contributed by atoms with Crippen LogP contribution in [0, 0.1) is 17.3 Å². The van der Waals surface area contributed by atoms with Gasteiger partial charge in [-0.2, -0.15) is 0 Å². The molecule has 0 aromatic heterocycles. The Labute approximate surface area is 98.9 Å². The van der Waals surface area contributed by atoms with Crippen molar-refractivity contribution in [1.29, 1.82) is 0 Å². The van der Waals surface area contributed by atoms with Crippen molar-refractivity contribution in [2.24, 2.45) is 23.0 Å². The number of hydrogen-bond acceptors (Lipinski definition) is 2. The van der Waals surface area contributed by atoms with Crippen LogP contribution in [-0.2, 0) is 0 Å². The van der Waals surface area contributed by atoms with E-state index in [4.69, 9.17) is 5.73 Å². The van der Waals surface area contributed by atoms with E-state index in [1.807, 2.05) is 0 Å². The van der Waals surface area contributed by atoms with Gasteiger partial charge >= 0.3 is 0 Å². The fourth-order valence-corrected chi connectivity index (χ4v) is 3.20. The molecule has 2 nitrogen and oxygen atoms in total. The van der Waals surface area contributed by atoms with Gasteiger partial charge in [-0.3, -0.25) is 0 Å². The third-order valence-electron chi connectivity index (χ3n) is 4.82. The Kier molecular flexibility index (Phi) is 3.04. The van der Waals surface area contributed by atoms with Gasteiger partial charge in [-0.1, -0.05) is 27.2 Å². The standard InChI is InChI=1S/C14H25NO/c1-9-12(14(9,2)3)13(15)10-5-4-6-11(16)8-7-10/h9-11,16H,4-8,15H2,1-3H3/b13-12-/t9-,10?,11?/m1/s1. The molecule has 0 saturated heterocycles. The highest BCUT2D eigenvalue weighted by molar-refractivity contribution is 5.39. The minimum atomic E-state index is -0.0903. The summed E-state index contributed by atoms with van der Waals surface area (Å²) in [5.74, 6) is 1.18. The first kappa shape index (κ1) is 12.0. The maximum atomic E-state index is 9.64. The summed E-state index contributed by atoms with van der Waals surface area (Å²) in [4.78, 5) is 0. The Bertz CT molecular complexity index is 306. The Morgan fingerprint density at radius 3 is 2.44 bits per heavy atom. The van der Waals surface area contributed by atoms with Crippen LogP contribution in [0.4, 0.5) is 0 Å². The lowest BCUT2D eigenvalue weighted by molar-refractivity contribution is 0.156. The van der Waals surface area contributed by atoms with Crippen LogP contribution in [-0.4, -0.2) is 11.2 Å². The summed E-state index contributed by atoms with van der Waals surface area (Å²) in [5, 5.41) is 9.64. The molecule has 92 valence electrons. The lowest BCUT2D eigenvalue weighted by atomic mass is 9.95. The third-order valence-corrected chi connectivity index (χ3v) is 4.82. The number of hydrogen-bond donors (Lipinski definition) is 2. The molecule has 2 aliphatic carbocycles. The van der Waals surface area contributed by atoms with Crippen molar-refractivity contribution in [2.45, 2.75) is 59.0 Å². The molecule has 2 aliphatic rings. The van der Waals surface area contributed by atoms with Gasteiger partial charge in [-0.25, -0.2) is 0 Å². The summed E-state index contributed by atoms with van der Waals surface area (Å²) < 4.78 is 0. The van der Waals surface area contributed by atoms with Gasteiger partial charge in [0.05, 0.1) is 6.10 Å². The van der Waals surface area contributed by atoms with Crippen molar-refractivity contribution >= 4 is 0 Å². The molecular formula is C14H25NO. The van der Waals surface area contributed by atoms with Crippen LogP contribution in [0.2, 0.25) is 0 Å². The van der Waals surface area contributed by atoms with E-state index in [-0.39, 0.29) is 6.10 Å². The highest BCUT2D eigenvalue weighted by Crippen LogP contribution is 2.59. The maximum absolute atomic E-state index is 9.64.